The van der Waals surface area contributed by atoms with Gasteiger partial charge in [0.15, 0.2) is 5.82 Å². The third-order valence-electron chi connectivity index (χ3n) is 5.21. The molecule has 0 unspecified atom stereocenters. The van der Waals surface area contributed by atoms with Crippen LogP contribution >= 0.6 is 11.3 Å². The summed E-state index contributed by atoms with van der Waals surface area (Å²) in [4.78, 5) is 26.5. The van der Waals surface area contributed by atoms with Crippen molar-refractivity contribution in [2.45, 2.75) is 20.8 Å². The first kappa shape index (κ1) is 22.4. The second-order valence-electron chi connectivity index (χ2n) is 7.93. The number of carbonyl (C=O) groups excluding carboxylic acids is 1. The van der Waals surface area contributed by atoms with Crippen LogP contribution in [0.25, 0.3) is 16.4 Å². The van der Waals surface area contributed by atoms with Crippen molar-refractivity contribution in [2.24, 2.45) is 0 Å². The highest BCUT2D eigenvalue weighted by Gasteiger charge is 2.16. The molecule has 0 bridgehead atoms. The summed E-state index contributed by atoms with van der Waals surface area (Å²) in [5, 5.41) is 8.20. The summed E-state index contributed by atoms with van der Waals surface area (Å²) in [6.45, 7) is 5.74. The Bertz CT molecular complexity index is 1490. The number of nitrogens with one attached hydrogen (secondary N) is 1. The molecule has 1 N–H and O–H groups in total. The fraction of sp³-hybridized carbons (Fsp3) is 0.115. The molecule has 0 aliphatic heterocycles. The van der Waals surface area contributed by atoms with Crippen LogP contribution in [0.4, 0.5) is 5.69 Å². The minimum absolute atomic E-state index is 0.193. The van der Waals surface area contributed by atoms with Gasteiger partial charge in [-0.05, 0) is 51.1 Å². The Morgan fingerprint density at radius 1 is 0.971 bits per heavy atom. The SMILES string of the molecule is Cc1cc(C)n(-c2cc(Oc3ccc(NC(=O)c4sc(-c5ccccc5)nc4C)cc3)ncn2)n1. The van der Waals surface area contributed by atoms with Gasteiger partial charge in [0.1, 0.15) is 22.0 Å². The zero-order chi connectivity index (χ0) is 24.4. The number of aryl methyl sites for hydroxylation is 3. The monoisotopic (exact) mass is 482 g/mol. The minimum Gasteiger partial charge on any atom is -0.439 e. The first-order valence-electron chi connectivity index (χ1n) is 10.9. The summed E-state index contributed by atoms with van der Waals surface area (Å²) in [5.41, 5.74) is 4.23. The van der Waals surface area contributed by atoms with E-state index in [0.717, 1.165) is 22.0 Å². The average Bonchev–Trinajstić information content (AvgIpc) is 3.42. The number of aromatic nitrogens is 5. The summed E-state index contributed by atoms with van der Waals surface area (Å²) < 4.78 is 7.63. The average molecular weight is 483 g/mol. The molecule has 174 valence electrons. The Kier molecular flexibility index (Phi) is 6.07. The number of carbonyl (C=O) groups is 1. The van der Waals surface area contributed by atoms with Crippen LogP contribution in [-0.4, -0.2) is 30.6 Å². The van der Waals surface area contributed by atoms with E-state index >= 15 is 0 Å². The molecule has 0 saturated heterocycles. The third-order valence-corrected chi connectivity index (χ3v) is 6.42. The van der Waals surface area contributed by atoms with E-state index in [0.29, 0.717) is 33.7 Å². The van der Waals surface area contributed by atoms with Crippen molar-refractivity contribution in [2.75, 3.05) is 5.32 Å². The number of hydrogen-bond donors (Lipinski definition) is 1. The van der Waals surface area contributed by atoms with Gasteiger partial charge in [0, 0.05) is 23.0 Å². The van der Waals surface area contributed by atoms with Crippen LogP contribution in [0.1, 0.15) is 26.8 Å². The van der Waals surface area contributed by atoms with Gasteiger partial charge in [-0.25, -0.2) is 19.6 Å². The lowest BCUT2D eigenvalue weighted by atomic mass is 10.2. The molecule has 0 aliphatic rings. The topological polar surface area (TPSA) is 94.8 Å². The van der Waals surface area contributed by atoms with Crippen LogP contribution in [0.3, 0.4) is 0 Å². The Morgan fingerprint density at radius 3 is 2.46 bits per heavy atom. The molecule has 2 aromatic carbocycles. The fourth-order valence-electron chi connectivity index (χ4n) is 3.59. The molecule has 0 radical (unpaired) electrons. The maximum Gasteiger partial charge on any atom is 0.267 e. The zero-order valence-corrected chi connectivity index (χ0v) is 20.2. The first-order chi connectivity index (χ1) is 17.0. The number of benzene rings is 2. The lowest BCUT2D eigenvalue weighted by Gasteiger charge is -2.08. The molecule has 0 fully saturated rings. The quantitative estimate of drug-likeness (QED) is 0.331. The fourth-order valence-corrected chi connectivity index (χ4v) is 4.56. The van der Waals surface area contributed by atoms with Crippen LogP contribution in [-0.2, 0) is 0 Å². The van der Waals surface area contributed by atoms with Crippen molar-refractivity contribution in [1.82, 2.24) is 24.7 Å². The van der Waals surface area contributed by atoms with E-state index in [-0.39, 0.29) is 5.91 Å². The highest BCUT2D eigenvalue weighted by atomic mass is 32.1. The van der Waals surface area contributed by atoms with Gasteiger partial charge >= 0.3 is 0 Å². The van der Waals surface area contributed by atoms with E-state index < -0.39 is 0 Å². The van der Waals surface area contributed by atoms with E-state index in [4.69, 9.17) is 4.74 Å². The second kappa shape index (κ2) is 9.47. The van der Waals surface area contributed by atoms with Crippen LogP contribution in [0, 0.1) is 20.8 Å². The molecule has 1 amide bonds. The van der Waals surface area contributed by atoms with E-state index in [1.807, 2.05) is 57.2 Å². The second-order valence-corrected chi connectivity index (χ2v) is 8.93. The molecule has 3 heterocycles. The maximum atomic E-state index is 12.9. The van der Waals surface area contributed by atoms with Crippen LogP contribution in [0.2, 0.25) is 0 Å². The summed E-state index contributed by atoms with van der Waals surface area (Å²) >= 11 is 1.38. The standard InChI is InChI=1S/C26H22N6O2S/c1-16-13-17(2)32(31-16)22-14-23(28-15-27-22)34-21-11-9-20(10-12-21)30-25(33)24-18(3)29-26(35-24)19-7-5-4-6-8-19/h4-15H,1-3H3,(H,30,33). The van der Waals surface area contributed by atoms with Gasteiger partial charge in [-0.1, -0.05) is 30.3 Å². The van der Waals surface area contributed by atoms with Gasteiger partial charge < -0.3 is 10.1 Å². The summed E-state index contributed by atoms with van der Waals surface area (Å²) in [6, 6.07) is 20.6. The lowest BCUT2D eigenvalue weighted by molar-refractivity contribution is 0.103. The highest BCUT2D eigenvalue weighted by molar-refractivity contribution is 7.17. The first-order valence-corrected chi connectivity index (χ1v) is 11.8. The predicted molar refractivity (Wildman–Crippen MR) is 135 cm³/mol. The van der Waals surface area contributed by atoms with E-state index in [1.165, 1.54) is 17.7 Å². The van der Waals surface area contributed by atoms with Gasteiger partial charge in [0.2, 0.25) is 5.88 Å². The number of anilines is 1. The molecule has 35 heavy (non-hydrogen) atoms. The zero-order valence-electron chi connectivity index (χ0n) is 19.4. The van der Waals surface area contributed by atoms with E-state index in [2.05, 4.69) is 25.4 Å². The Labute approximate surface area is 206 Å². The number of hydrogen-bond acceptors (Lipinski definition) is 7. The van der Waals surface area contributed by atoms with Crippen LogP contribution in [0.15, 0.2) is 73.1 Å². The van der Waals surface area contributed by atoms with Crippen molar-refractivity contribution < 1.29 is 9.53 Å². The van der Waals surface area contributed by atoms with Crippen molar-refractivity contribution in [3.63, 3.8) is 0 Å². The van der Waals surface area contributed by atoms with Crippen molar-refractivity contribution in [1.29, 1.82) is 0 Å². The van der Waals surface area contributed by atoms with Gasteiger partial charge in [-0.15, -0.1) is 11.3 Å². The van der Waals surface area contributed by atoms with Crippen molar-refractivity contribution in [3.05, 3.63) is 95.0 Å². The van der Waals surface area contributed by atoms with Crippen LogP contribution in [0.5, 0.6) is 11.6 Å². The Hall–Kier alpha value is -4.37. The molecule has 0 saturated carbocycles. The number of amides is 1. The molecule has 0 atom stereocenters. The normalized spacial score (nSPS) is 10.8. The molecular weight excluding hydrogens is 460 g/mol. The van der Waals surface area contributed by atoms with Gasteiger partial charge in [-0.3, -0.25) is 4.79 Å². The summed E-state index contributed by atoms with van der Waals surface area (Å²) in [5.74, 6) is 1.41. The Morgan fingerprint density at radius 2 is 1.74 bits per heavy atom. The molecule has 9 heteroatoms. The highest BCUT2D eigenvalue weighted by Crippen LogP contribution is 2.29. The van der Waals surface area contributed by atoms with Gasteiger partial charge in [0.25, 0.3) is 5.91 Å². The molecule has 3 aromatic heterocycles. The molecule has 0 spiro atoms. The molecule has 0 aliphatic carbocycles. The summed E-state index contributed by atoms with van der Waals surface area (Å²) in [6.07, 6.45) is 1.44. The Balaban J connectivity index is 1.27. The number of nitrogens with zero attached hydrogens (tertiary/aromatic N) is 5. The smallest absolute Gasteiger partial charge is 0.267 e. The third kappa shape index (κ3) is 4.95. The van der Waals surface area contributed by atoms with Gasteiger partial charge in [0.05, 0.1) is 11.4 Å². The molecule has 5 rings (SSSR count). The largest absolute Gasteiger partial charge is 0.439 e. The van der Waals surface area contributed by atoms with E-state index in [9.17, 15) is 4.79 Å². The minimum atomic E-state index is -0.193. The van der Waals surface area contributed by atoms with Gasteiger partial charge in [-0.2, -0.15) is 5.10 Å². The number of ether oxygens (including phenoxy) is 1. The van der Waals surface area contributed by atoms with E-state index in [1.54, 1.807) is 35.0 Å². The predicted octanol–water partition coefficient (Wildman–Crippen LogP) is 5.76. The molecule has 8 nitrogen and oxygen atoms in total. The van der Waals surface area contributed by atoms with Crippen molar-refractivity contribution in [3.8, 4) is 28.0 Å². The number of rotatable bonds is 6. The molecular formula is C26H22N6O2S. The lowest BCUT2D eigenvalue weighted by Crippen LogP contribution is -2.11. The molecule has 5 aromatic rings. The summed E-state index contributed by atoms with van der Waals surface area (Å²) in [7, 11) is 0. The number of thiazole rings is 1. The maximum absolute atomic E-state index is 12.9. The van der Waals surface area contributed by atoms with Crippen LogP contribution < -0.4 is 10.1 Å². The van der Waals surface area contributed by atoms with Crippen molar-refractivity contribution >= 4 is 22.9 Å².